The number of nitrogens with one attached hydrogen (secondary N) is 1. The quantitative estimate of drug-likeness (QED) is 0.606. The summed E-state index contributed by atoms with van der Waals surface area (Å²) < 4.78 is 13.4. The van der Waals surface area contributed by atoms with Gasteiger partial charge in [-0.3, -0.25) is 10.1 Å². The van der Waals surface area contributed by atoms with E-state index in [0.717, 1.165) is 6.07 Å². The van der Waals surface area contributed by atoms with Gasteiger partial charge in [-0.05, 0) is 25.0 Å². The Bertz CT molecular complexity index is 425. The third kappa shape index (κ3) is 2.76. The van der Waals surface area contributed by atoms with Gasteiger partial charge in [0.25, 0.3) is 0 Å². The van der Waals surface area contributed by atoms with E-state index in [2.05, 4.69) is 5.32 Å². The van der Waals surface area contributed by atoms with Crippen LogP contribution in [0.1, 0.15) is 26.7 Å². The van der Waals surface area contributed by atoms with Gasteiger partial charge >= 0.3 is 5.69 Å². The van der Waals surface area contributed by atoms with Gasteiger partial charge in [-0.25, -0.2) is 0 Å². The standard InChI is InChI=1S/C12H17FN2O3/c1-3-12(4-2,8-16)14-10-7-5-6-9(13)11(10)15(17)18/h5-7,14,16H,3-4,8H2,1-2H3. The molecule has 0 aromatic heterocycles. The van der Waals surface area contributed by atoms with Crippen molar-refractivity contribution in [1.82, 2.24) is 0 Å². The van der Waals surface area contributed by atoms with E-state index in [4.69, 9.17) is 0 Å². The molecule has 1 aromatic carbocycles. The molecule has 18 heavy (non-hydrogen) atoms. The molecule has 0 aliphatic rings. The van der Waals surface area contributed by atoms with E-state index in [1.807, 2.05) is 13.8 Å². The Balaban J connectivity index is 3.18. The summed E-state index contributed by atoms with van der Waals surface area (Å²) in [4.78, 5) is 10.1. The number of nitro benzene ring substituents is 1. The van der Waals surface area contributed by atoms with Crippen LogP contribution in [-0.4, -0.2) is 22.2 Å². The van der Waals surface area contributed by atoms with Crippen LogP contribution < -0.4 is 5.32 Å². The maximum absolute atomic E-state index is 13.4. The molecule has 0 heterocycles. The van der Waals surface area contributed by atoms with Gasteiger partial charge in [0, 0.05) is 0 Å². The molecular weight excluding hydrogens is 239 g/mol. The lowest BCUT2D eigenvalue weighted by atomic mass is 9.93. The van der Waals surface area contributed by atoms with Crippen LogP contribution >= 0.6 is 0 Å². The van der Waals surface area contributed by atoms with Gasteiger partial charge in [0.05, 0.1) is 17.1 Å². The van der Waals surface area contributed by atoms with Crippen molar-refractivity contribution in [2.75, 3.05) is 11.9 Å². The number of hydrogen-bond acceptors (Lipinski definition) is 4. The summed E-state index contributed by atoms with van der Waals surface area (Å²) in [5, 5.41) is 23.2. The van der Waals surface area contributed by atoms with Gasteiger partial charge in [-0.2, -0.15) is 4.39 Å². The number of aliphatic hydroxyl groups is 1. The number of para-hydroxylation sites is 1. The van der Waals surface area contributed by atoms with Crippen molar-refractivity contribution < 1.29 is 14.4 Å². The maximum Gasteiger partial charge on any atom is 0.327 e. The molecule has 2 N–H and O–H groups in total. The summed E-state index contributed by atoms with van der Waals surface area (Å²) in [6.07, 6.45) is 1.15. The van der Waals surface area contributed by atoms with E-state index in [9.17, 15) is 19.6 Å². The van der Waals surface area contributed by atoms with Crippen molar-refractivity contribution in [2.24, 2.45) is 0 Å². The zero-order chi connectivity index (χ0) is 13.8. The van der Waals surface area contributed by atoms with Crippen LogP contribution in [-0.2, 0) is 0 Å². The van der Waals surface area contributed by atoms with Gasteiger partial charge in [0.2, 0.25) is 5.82 Å². The van der Waals surface area contributed by atoms with Crippen LogP contribution in [0.4, 0.5) is 15.8 Å². The normalized spacial score (nSPS) is 11.3. The first kappa shape index (κ1) is 14.4. The summed E-state index contributed by atoms with van der Waals surface area (Å²) >= 11 is 0. The fourth-order valence-corrected chi connectivity index (χ4v) is 1.78. The summed E-state index contributed by atoms with van der Waals surface area (Å²) in [7, 11) is 0. The molecule has 0 amide bonds. The van der Waals surface area contributed by atoms with Gasteiger partial charge in [-0.15, -0.1) is 0 Å². The van der Waals surface area contributed by atoms with Crippen molar-refractivity contribution >= 4 is 11.4 Å². The summed E-state index contributed by atoms with van der Waals surface area (Å²) in [5.74, 6) is -0.885. The maximum atomic E-state index is 13.4. The van der Waals surface area contributed by atoms with Crippen LogP contribution in [0, 0.1) is 15.9 Å². The first-order chi connectivity index (χ1) is 8.49. The number of anilines is 1. The van der Waals surface area contributed by atoms with Gasteiger partial charge < -0.3 is 10.4 Å². The number of nitro groups is 1. The fraction of sp³-hybridized carbons (Fsp3) is 0.500. The number of benzene rings is 1. The minimum absolute atomic E-state index is 0.0951. The zero-order valence-electron chi connectivity index (χ0n) is 10.4. The molecule has 0 aliphatic heterocycles. The summed E-state index contributed by atoms with van der Waals surface area (Å²) in [5.41, 5.74) is -1.16. The molecule has 1 aromatic rings. The fourth-order valence-electron chi connectivity index (χ4n) is 1.78. The molecule has 5 nitrogen and oxygen atoms in total. The lowest BCUT2D eigenvalue weighted by molar-refractivity contribution is -0.386. The van der Waals surface area contributed by atoms with E-state index in [1.165, 1.54) is 12.1 Å². The third-order valence-corrected chi connectivity index (χ3v) is 3.23. The molecule has 0 aliphatic carbocycles. The van der Waals surface area contributed by atoms with Crippen LogP contribution in [0.15, 0.2) is 18.2 Å². The Kier molecular flexibility index (Phi) is 4.61. The smallest absolute Gasteiger partial charge is 0.327 e. The lowest BCUT2D eigenvalue weighted by Crippen LogP contribution is -2.41. The SMILES string of the molecule is CCC(CC)(CO)Nc1cccc(F)c1[N+](=O)[O-]. The van der Waals surface area contributed by atoms with Crippen molar-refractivity contribution in [1.29, 1.82) is 0 Å². The minimum atomic E-state index is -0.885. The average molecular weight is 256 g/mol. The Morgan fingerprint density at radius 3 is 2.50 bits per heavy atom. The highest BCUT2D eigenvalue weighted by Crippen LogP contribution is 2.31. The number of aliphatic hydroxyl groups excluding tert-OH is 1. The van der Waals surface area contributed by atoms with Crippen molar-refractivity contribution in [3.63, 3.8) is 0 Å². The second kappa shape index (κ2) is 5.77. The van der Waals surface area contributed by atoms with E-state index in [0.29, 0.717) is 12.8 Å². The summed E-state index contributed by atoms with van der Waals surface area (Å²) in [6.45, 7) is 3.55. The zero-order valence-corrected chi connectivity index (χ0v) is 10.4. The van der Waals surface area contributed by atoms with E-state index < -0.39 is 22.0 Å². The second-order valence-corrected chi connectivity index (χ2v) is 4.16. The Labute approximate surface area is 105 Å². The first-order valence-corrected chi connectivity index (χ1v) is 5.81. The highest BCUT2D eigenvalue weighted by atomic mass is 19.1. The molecule has 1 rings (SSSR count). The first-order valence-electron chi connectivity index (χ1n) is 5.81. The topological polar surface area (TPSA) is 75.4 Å². The van der Waals surface area contributed by atoms with Crippen LogP contribution in [0.2, 0.25) is 0 Å². The molecule has 6 heteroatoms. The highest BCUT2D eigenvalue weighted by Gasteiger charge is 2.29. The number of hydrogen-bond donors (Lipinski definition) is 2. The van der Waals surface area contributed by atoms with Crippen molar-refractivity contribution in [3.05, 3.63) is 34.1 Å². The molecule has 0 fully saturated rings. The van der Waals surface area contributed by atoms with Crippen LogP contribution in [0.25, 0.3) is 0 Å². The Hall–Kier alpha value is -1.69. The molecule has 0 unspecified atom stereocenters. The molecular formula is C12H17FN2O3. The number of halogens is 1. The van der Waals surface area contributed by atoms with E-state index in [-0.39, 0.29) is 12.3 Å². The second-order valence-electron chi connectivity index (χ2n) is 4.16. The van der Waals surface area contributed by atoms with Crippen LogP contribution in [0.5, 0.6) is 0 Å². The summed E-state index contributed by atoms with van der Waals surface area (Å²) in [6, 6.07) is 3.89. The minimum Gasteiger partial charge on any atom is -0.394 e. The van der Waals surface area contributed by atoms with Gasteiger partial charge in [0.15, 0.2) is 0 Å². The van der Waals surface area contributed by atoms with Gasteiger partial charge in [-0.1, -0.05) is 19.9 Å². The molecule has 100 valence electrons. The average Bonchev–Trinajstić information content (AvgIpc) is 2.35. The predicted octanol–water partition coefficient (Wildman–Crippen LogP) is 2.70. The molecule has 0 atom stereocenters. The largest absolute Gasteiger partial charge is 0.394 e. The molecule has 0 bridgehead atoms. The number of nitrogens with zero attached hydrogens (tertiary/aromatic N) is 1. The Morgan fingerprint density at radius 2 is 2.06 bits per heavy atom. The highest BCUT2D eigenvalue weighted by molar-refractivity contribution is 5.63. The third-order valence-electron chi connectivity index (χ3n) is 3.23. The Morgan fingerprint density at radius 1 is 1.44 bits per heavy atom. The van der Waals surface area contributed by atoms with Crippen molar-refractivity contribution in [2.45, 2.75) is 32.2 Å². The molecule has 0 spiro atoms. The monoisotopic (exact) mass is 256 g/mol. The van der Waals surface area contributed by atoms with E-state index >= 15 is 0 Å². The van der Waals surface area contributed by atoms with E-state index in [1.54, 1.807) is 0 Å². The molecule has 0 radical (unpaired) electrons. The van der Waals surface area contributed by atoms with Crippen molar-refractivity contribution in [3.8, 4) is 0 Å². The molecule has 0 saturated heterocycles. The van der Waals surface area contributed by atoms with Crippen LogP contribution in [0.3, 0.4) is 0 Å². The lowest BCUT2D eigenvalue weighted by Gasteiger charge is -2.31. The number of rotatable bonds is 6. The predicted molar refractivity (Wildman–Crippen MR) is 67.1 cm³/mol. The molecule has 0 saturated carbocycles. The van der Waals surface area contributed by atoms with Gasteiger partial charge in [0.1, 0.15) is 5.69 Å².